The molecule has 0 saturated heterocycles. The van der Waals surface area contributed by atoms with Crippen molar-refractivity contribution in [1.82, 2.24) is 4.90 Å². The number of benzene rings is 2. The lowest BCUT2D eigenvalue weighted by molar-refractivity contribution is 0.275. The molecule has 122 valence electrons. The van der Waals surface area contributed by atoms with Crippen molar-refractivity contribution in [2.45, 2.75) is 46.7 Å². The van der Waals surface area contributed by atoms with E-state index < -0.39 is 0 Å². The number of allylic oxidation sites excluding steroid dienone is 2. The Bertz CT molecular complexity index is 865. The molecule has 0 spiro atoms. The largest absolute Gasteiger partial charge is 0.360 e. The van der Waals surface area contributed by atoms with E-state index in [0.717, 1.165) is 0 Å². The zero-order valence-electron chi connectivity index (χ0n) is 15.2. The highest BCUT2D eigenvalue weighted by molar-refractivity contribution is 5.68. The third-order valence-corrected chi connectivity index (χ3v) is 5.66. The van der Waals surface area contributed by atoms with Crippen LogP contribution in [0.2, 0.25) is 0 Å². The summed E-state index contributed by atoms with van der Waals surface area (Å²) in [5.74, 6) is 0. The second-order valence-electron chi connectivity index (χ2n) is 7.43. The highest BCUT2D eigenvalue weighted by Crippen LogP contribution is 2.49. The number of hydrogen-bond donors (Lipinski definition) is 0. The maximum Gasteiger partial charge on any atom is 0.0763 e. The summed E-state index contributed by atoms with van der Waals surface area (Å²) in [6, 6.07) is 14.7. The number of nitrogens with zero attached hydrogens (tertiary/aromatic N) is 1. The molecule has 4 rings (SSSR count). The first-order valence-corrected chi connectivity index (χ1v) is 8.81. The van der Waals surface area contributed by atoms with Crippen molar-refractivity contribution >= 4 is 0 Å². The summed E-state index contributed by atoms with van der Waals surface area (Å²) >= 11 is 0. The first-order chi connectivity index (χ1) is 11.5. The van der Waals surface area contributed by atoms with Crippen LogP contribution in [0.4, 0.5) is 0 Å². The molecule has 0 saturated carbocycles. The van der Waals surface area contributed by atoms with Crippen LogP contribution in [0.1, 0.15) is 55.1 Å². The van der Waals surface area contributed by atoms with E-state index in [4.69, 9.17) is 0 Å². The molecule has 0 N–H and O–H groups in total. The zero-order valence-corrected chi connectivity index (χ0v) is 15.2. The van der Waals surface area contributed by atoms with Crippen molar-refractivity contribution in [3.8, 4) is 11.1 Å². The summed E-state index contributed by atoms with van der Waals surface area (Å²) in [6.45, 7) is 11.2. The van der Waals surface area contributed by atoms with Gasteiger partial charge < -0.3 is 4.90 Å². The topological polar surface area (TPSA) is 3.24 Å². The maximum absolute atomic E-state index is 2.50. The Morgan fingerprint density at radius 2 is 1.50 bits per heavy atom. The van der Waals surface area contributed by atoms with E-state index in [0.29, 0.717) is 12.1 Å². The fourth-order valence-corrected chi connectivity index (χ4v) is 4.27. The van der Waals surface area contributed by atoms with Crippen molar-refractivity contribution in [3.63, 3.8) is 0 Å². The molecule has 2 aromatic rings. The Kier molecular flexibility index (Phi) is 3.42. The van der Waals surface area contributed by atoms with Gasteiger partial charge in [0.25, 0.3) is 0 Å². The van der Waals surface area contributed by atoms with Crippen LogP contribution < -0.4 is 0 Å². The zero-order chi connectivity index (χ0) is 17.0. The van der Waals surface area contributed by atoms with Gasteiger partial charge in [-0.15, -0.1) is 0 Å². The Labute approximate surface area is 145 Å². The van der Waals surface area contributed by atoms with Gasteiger partial charge in [-0.05, 0) is 80.2 Å². The third kappa shape index (κ3) is 2.23. The predicted octanol–water partition coefficient (Wildman–Crippen LogP) is 6.25. The molecule has 1 nitrogen and oxygen atoms in total. The summed E-state index contributed by atoms with van der Waals surface area (Å²) in [7, 11) is 0. The van der Waals surface area contributed by atoms with Crippen LogP contribution in [-0.2, 0) is 0 Å². The van der Waals surface area contributed by atoms with Crippen LogP contribution in [-0.4, -0.2) is 4.90 Å². The Morgan fingerprint density at radius 1 is 0.792 bits per heavy atom. The van der Waals surface area contributed by atoms with Gasteiger partial charge in [0, 0.05) is 6.20 Å². The monoisotopic (exact) mass is 315 g/mol. The van der Waals surface area contributed by atoms with E-state index in [1.54, 1.807) is 0 Å². The van der Waals surface area contributed by atoms with Gasteiger partial charge in [0.05, 0.1) is 12.1 Å². The summed E-state index contributed by atoms with van der Waals surface area (Å²) < 4.78 is 0. The molecule has 0 aromatic heterocycles. The Morgan fingerprint density at radius 3 is 2.21 bits per heavy atom. The lowest BCUT2D eigenvalue weighted by Crippen LogP contribution is -2.22. The van der Waals surface area contributed by atoms with Gasteiger partial charge in [0.1, 0.15) is 0 Å². The van der Waals surface area contributed by atoms with Crippen LogP contribution in [0.5, 0.6) is 0 Å². The maximum atomic E-state index is 2.50. The minimum atomic E-state index is 0.394. The van der Waals surface area contributed by atoms with Gasteiger partial charge in [-0.3, -0.25) is 0 Å². The molecular formula is C23H25N. The summed E-state index contributed by atoms with van der Waals surface area (Å²) in [5, 5.41) is 0. The highest BCUT2D eigenvalue weighted by atomic mass is 15.2. The van der Waals surface area contributed by atoms with Crippen LogP contribution in [0.15, 0.2) is 59.8 Å². The Hall–Kier alpha value is -2.28. The van der Waals surface area contributed by atoms with Crippen LogP contribution in [0, 0.1) is 13.8 Å². The molecule has 0 bridgehead atoms. The number of hydrogen-bond acceptors (Lipinski definition) is 1. The normalized spacial score (nSPS) is 22.0. The van der Waals surface area contributed by atoms with E-state index in [1.807, 2.05) is 0 Å². The first-order valence-electron chi connectivity index (χ1n) is 8.81. The Balaban J connectivity index is 1.86. The lowest BCUT2D eigenvalue weighted by atomic mass is 9.90. The smallest absolute Gasteiger partial charge is 0.0763 e. The van der Waals surface area contributed by atoms with Gasteiger partial charge in [-0.2, -0.15) is 0 Å². The molecule has 2 aromatic carbocycles. The summed E-state index contributed by atoms with van der Waals surface area (Å²) in [4.78, 5) is 2.50. The van der Waals surface area contributed by atoms with E-state index >= 15 is 0 Å². The quantitative estimate of drug-likeness (QED) is 0.601. The molecule has 0 aliphatic carbocycles. The second-order valence-corrected chi connectivity index (χ2v) is 7.43. The molecule has 2 aliphatic rings. The van der Waals surface area contributed by atoms with Crippen LogP contribution in [0.25, 0.3) is 11.1 Å². The van der Waals surface area contributed by atoms with Crippen LogP contribution >= 0.6 is 0 Å². The molecule has 2 atom stereocenters. The fraction of sp³-hybridized carbons (Fsp3) is 0.304. The molecule has 2 aliphatic heterocycles. The van der Waals surface area contributed by atoms with Crippen molar-refractivity contribution in [3.05, 3.63) is 82.1 Å². The van der Waals surface area contributed by atoms with E-state index in [2.05, 4.69) is 88.2 Å². The molecule has 24 heavy (non-hydrogen) atoms. The van der Waals surface area contributed by atoms with Crippen LogP contribution in [0.3, 0.4) is 0 Å². The summed E-state index contributed by atoms with van der Waals surface area (Å²) in [6.07, 6.45) is 4.52. The molecule has 0 fully saturated rings. The lowest BCUT2D eigenvalue weighted by Gasteiger charge is -2.32. The van der Waals surface area contributed by atoms with Gasteiger partial charge in [-0.25, -0.2) is 0 Å². The van der Waals surface area contributed by atoms with Crippen molar-refractivity contribution < 1.29 is 0 Å². The SMILES string of the molecule is CC1=C(C)C2c3cc(-c4cc(C)cc(C)c4)ccc3C(C)N2C=C1. The second kappa shape index (κ2) is 5.37. The van der Waals surface area contributed by atoms with Gasteiger partial charge in [0.2, 0.25) is 0 Å². The number of fused-ring (bicyclic) bond motifs is 3. The van der Waals surface area contributed by atoms with Crippen molar-refractivity contribution in [2.75, 3.05) is 0 Å². The minimum absolute atomic E-state index is 0.394. The predicted molar refractivity (Wildman–Crippen MR) is 102 cm³/mol. The summed E-state index contributed by atoms with van der Waals surface area (Å²) in [5.41, 5.74) is 11.1. The molecule has 2 unspecified atom stereocenters. The number of rotatable bonds is 1. The molecular weight excluding hydrogens is 290 g/mol. The van der Waals surface area contributed by atoms with Gasteiger partial charge in [0.15, 0.2) is 0 Å². The third-order valence-electron chi connectivity index (χ3n) is 5.66. The molecule has 0 amide bonds. The van der Waals surface area contributed by atoms with E-state index in [9.17, 15) is 0 Å². The minimum Gasteiger partial charge on any atom is -0.360 e. The fourth-order valence-electron chi connectivity index (χ4n) is 4.27. The average molecular weight is 315 g/mol. The molecule has 1 heteroatoms. The number of aryl methyl sites for hydroxylation is 2. The van der Waals surface area contributed by atoms with Crippen molar-refractivity contribution in [2.24, 2.45) is 0 Å². The highest BCUT2D eigenvalue weighted by Gasteiger charge is 2.36. The first kappa shape index (κ1) is 15.3. The molecule has 0 radical (unpaired) electrons. The van der Waals surface area contributed by atoms with E-state index in [-0.39, 0.29) is 0 Å². The van der Waals surface area contributed by atoms with Crippen molar-refractivity contribution in [1.29, 1.82) is 0 Å². The van der Waals surface area contributed by atoms with Gasteiger partial charge in [-0.1, -0.05) is 41.5 Å². The average Bonchev–Trinajstić information content (AvgIpc) is 2.83. The van der Waals surface area contributed by atoms with E-state index in [1.165, 1.54) is 44.5 Å². The van der Waals surface area contributed by atoms with Gasteiger partial charge >= 0.3 is 0 Å². The standard InChI is InChI=1S/C23H25N/c1-14-10-15(2)12-20(11-14)19-6-7-21-18(5)24-9-8-16(3)17(4)23(24)22(21)13-19/h6-13,18,23H,1-5H3. The molecule has 2 heterocycles.